The molecule has 3 heteroatoms. The maximum Gasteiger partial charge on any atom is 0.0826 e. The molecule has 1 atom stereocenters. The van der Waals surface area contributed by atoms with E-state index in [2.05, 4.69) is 16.8 Å². The molecule has 1 N–H and O–H groups in total. The van der Waals surface area contributed by atoms with Crippen molar-refractivity contribution in [3.63, 3.8) is 0 Å². The van der Waals surface area contributed by atoms with Crippen LogP contribution in [0.25, 0.3) is 0 Å². The normalized spacial score (nSPS) is 23.6. The number of likely N-dealkylation sites (N-methyl/N-ethyl adjacent to an activating group) is 1. The Bertz CT molecular complexity index is 159. The molecule has 1 saturated heterocycles. The summed E-state index contributed by atoms with van der Waals surface area (Å²) in [5, 5.41) is 3.16. The lowest BCUT2D eigenvalue weighted by Crippen LogP contribution is -2.46. The summed E-state index contributed by atoms with van der Waals surface area (Å²) in [6.07, 6.45) is 4.70. The predicted octanol–water partition coefficient (Wildman–Crippen LogP) is 0.873. The van der Waals surface area contributed by atoms with Crippen molar-refractivity contribution in [1.29, 1.82) is 0 Å². The van der Waals surface area contributed by atoms with E-state index >= 15 is 0 Å². The first-order chi connectivity index (χ1) is 6.86. The van der Waals surface area contributed by atoms with Crippen molar-refractivity contribution >= 4 is 0 Å². The summed E-state index contributed by atoms with van der Waals surface area (Å²) in [5.74, 6) is 0. The maximum absolute atomic E-state index is 5.63. The highest BCUT2D eigenvalue weighted by Crippen LogP contribution is 2.05. The average molecular weight is 198 g/mol. The van der Waals surface area contributed by atoms with Crippen molar-refractivity contribution in [2.45, 2.75) is 18.9 Å². The molecule has 1 aliphatic rings. The number of nitrogens with zero attached hydrogens (tertiary/aromatic N) is 1. The highest BCUT2D eigenvalue weighted by Gasteiger charge is 2.18. The van der Waals surface area contributed by atoms with Crippen LogP contribution in [0.3, 0.4) is 0 Å². The van der Waals surface area contributed by atoms with Crippen molar-refractivity contribution in [1.82, 2.24) is 10.2 Å². The number of morpholine rings is 1. The molecule has 0 aromatic rings. The van der Waals surface area contributed by atoms with Crippen molar-refractivity contribution in [2.24, 2.45) is 0 Å². The zero-order valence-corrected chi connectivity index (χ0v) is 9.17. The molecular weight excluding hydrogens is 176 g/mol. The fraction of sp³-hybridized carbons (Fsp3) is 0.818. The third kappa shape index (κ3) is 4.22. The van der Waals surface area contributed by atoms with Gasteiger partial charge >= 0.3 is 0 Å². The monoisotopic (exact) mass is 198 g/mol. The fourth-order valence-electron chi connectivity index (χ4n) is 1.79. The summed E-state index contributed by atoms with van der Waals surface area (Å²) in [5.41, 5.74) is 0. The lowest BCUT2D eigenvalue weighted by molar-refractivity contribution is -0.0263. The number of rotatable bonds is 6. The molecule has 1 fully saturated rings. The van der Waals surface area contributed by atoms with Crippen LogP contribution in [0.5, 0.6) is 0 Å². The zero-order chi connectivity index (χ0) is 10.2. The molecule has 1 rings (SSSR count). The van der Waals surface area contributed by atoms with Gasteiger partial charge in [-0.25, -0.2) is 0 Å². The van der Waals surface area contributed by atoms with Crippen molar-refractivity contribution in [2.75, 3.05) is 39.8 Å². The van der Waals surface area contributed by atoms with E-state index in [1.54, 1.807) is 0 Å². The van der Waals surface area contributed by atoms with Gasteiger partial charge in [0.05, 0.1) is 12.7 Å². The van der Waals surface area contributed by atoms with E-state index < -0.39 is 0 Å². The Morgan fingerprint density at radius 1 is 1.64 bits per heavy atom. The van der Waals surface area contributed by atoms with Crippen molar-refractivity contribution < 1.29 is 4.74 Å². The molecule has 14 heavy (non-hydrogen) atoms. The largest absolute Gasteiger partial charge is 0.374 e. The van der Waals surface area contributed by atoms with E-state index in [-0.39, 0.29) is 0 Å². The summed E-state index contributed by atoms with van der Waals surface area (Å²) < 4.78 is 5.63. The van der Waals surface area contributed by atoms with Gasteiger partial charge < -0.3 is 10.1 Å². The fourth-order valence-corrected chi connectivity index (χ4v) is 1.79. The summed E-state index contributed by atoms with van der Waals surface area (Å²) >= 11 is 0. The Labute approximate surface area is 87.1 Å². The van der Waals surface area contributed by atoms with Crippen LogP contribution in [-0.4, -0.2) is 50.8 Å². The van der Waals surface area contributed by atoms with Gasteiger partial charge in [-0.3, -0.25) is 4.90 Å². The Hall–Kier alpha value is -0.380. The SMILES string of the molecule is C=CCCCN1CCOC(CNC)C1. The lowest BCUT2D eigenvalue weighted by Gasteiger charge is -2.32. The van der Waals surface area contributed by atoms with Gasteiger partial charge in [0, 0.05) is 19.6 Å². The van der Waals surface area contributed by atoms with E-state index in [0.29, 0.717) is 6.10 Å². The average Bonchev–Trinajstić information content (AvgIpc) is 2.19. The van der Waals surface area contributed by atoms with E-state index in [4.69, 9.17) is 4.74 Å². The van der Waals surface area contributed by atoms with Gasteiger partial charge in [0.15, 0.2) is 0 Å². The van der Waals surface area contributed by atoms with Crippen molar-refractivity contribution in [3.05, 3.63) is 12.7 Å². The first-order valence-electron chi connectivity index (χ1n) is 5.46. The van der Waals surface area contributed by atoms with E-state index in [9.17, 15) is 0 Å². The van der Waals surface area contributed by atoms with Crippen molar-refractivity contribution in [3.8, 4) is 0 Å². The lowest BCUT2D eigenvalue weighted by atomic mass is 10.2. The van der Waals surface area contributed by atoms with Crippen LogP contribution in [0.1, 0.15) is 12.8 Å². The Morgan fingerprint density at radius 2 is 2.50 bits per heavy atom. The van der Waals surface area contributed by atoms with Gasteiger partial charge in [0.25, 0.3) is 0 Å². The molecule has 3 nitrogen and oxygen atoms in total. The molecule has 1 unspecified atom stereocenters. The van der Waals surface area contributed by atoms with E-state index in [1.807, 2.05) is 13.1 Å². The summed E-state index contributed by atoms with van der Waals surface area (Å²) in [6, 6.07) is 0. The van der Waals surface area contributed by atoms with Gasteiger partial charge in [-0.2, -0.15) is 0 Å². The third-order valence-corrected chi connectivity index (χ3v) is 2.54. The molecule has 0 saturated carbocycles. The summed E-state index contributed by atoms with van der Waals surface area (Å²) in [6.45, 7) is 8.89. The molecule has 0 amide bonds. The molecule has 82 valence electrons. The standard InChI is InChI=1S/C11H22N2O/c1-3-4-5-6-13-7-8-14-11(10-13)9-12-2/h3,11-12H,1,4-10H2,2H3. The van der Waals surface area contributed by atoms with Crippen LogP contribution >= 0.6 is 0 Å². The van der Waals surface area contributed by atoms with Crippen LogP contribution in [0.15, 0.2) is 12.7 Å². The molecular formula is C11H22N2O. The Balaban J connectivity index is 2.15. The van der Waals surface area contributed by atoms with Crippen LogP contribution in [-0.2, 0) is 4.74 Å². The second-order valence-corrected chi connectivity index (χ2v) is 3.78. The minimum Gasteiger partial charge on any atom is -0.374 e. The third-order valence-electron chi connectivity index (χ3n) is 2.54. The highest BCUT2D eigenvalue weighted by molar-refractivity contribution is 4.74. The second-order valence-electron chi connectivity index (χ2n) is 3.78. The molecule has 0 radical (unpaired) electrons. The number of ether oxygens (including phenoxy) is 1. The summed E-state index contributed by atoms with van der Waals surface area (Å²) in [7, 11) is 1.97. The van der Waals surface area contributed by atoms with Gasteiger partial charge in [-0.15, -0.1) is 6.58 Å². The minimum atomic E-state index is 0.373. The highest BCUT2D eigenvalue weighted by atomic mass is 16.5. The van der Waals surface area contributed by atoms with Crippen LogP contribution in [0.2, 0.25) is 0 Å². The van der Waals surface area contributed by atoms with E-state index in [0.717, 1.165) is 32.7 Å². The Kier molecular flexibility index (Phi) is 5.83. The van der Waals surface area contributed by atoms with E-state index in [1.165, 1.54) is 13.0 Å². The molecule has 0 bridgehead atoms. The molecule has 0 spiro atoms. The van der Waals surface area contributed by atoms with Gasteiger partial charge in [-0.1, -0.05) is 6.08 Å². The molecule has 0 aromatic carbocycles. The predicted molar refractivity (Wildman–Crippen MR) is 59.5 cm³/mol. The first kappa shape index (κ1) is 11.7. The minimum absolute atomic E-state index is 0.373. The number of allylic oxidation sites excluding steroid dienone is 1. The number of hydrogen-bond acceptors (Lipinski definition) is 3. The number of unbranched alkanes of at least 4 members (excludes halogenated alkanes) is 1. The number of hydrogen-bond donors (Lipinski definition) is 1. The first-order valence-corrected chi connectivity index (χ1v) is 5.46. The van der Waals surface area contributed by atoms with Crippen LogP contribution in [0, 0.1) is 0 Å². The molecule has 0 aromatic heterocycles. The molecule has 1 aliphatic heterocycles. The number of nitrogens with one attached hydrogen (secondary N) is 1. The second kappa shape index (κ2) is 6.98. The summed E-state index contributed by atoms with van der Waals surface area (Å²) in [4.78, 5) is 2.48. The van der Waals surface area contributed by atoms with Gasteiger partial charge in [0.1, 0.15) is 0 Å². The Morgan fingerprint density at radius 3 is 3.21 bits per heavy atom. The van der Waals surface area contributed by atoms with Crippen LogP contribution in [0.4, 0.5) is 0 Å². The topological polar surface area (TPSA) is 24.5 Å². The molecule has 0 aliphatic carbocycles. The smallest absolute Gasteiger partial charge is 0.0826 e. The van der Waals surface area contributed by atoms with Gasteiger partial charge in [-0.05, 0) is 26.4 Å². The quantitative estimate of drug-likeness (QED) is 0.506. The van der Waals surface area contributed by atoms with Crippen LogP contribution < -0.4 is 5.32 Å². The molecule has 1 heterocycles. The zero-order valence-electron chi connectivity index (χ0n) is 9.17. The maximum atomic E-state index is 5.63. The van der Waals surface area contributed by atoms with Gasteiger partial charge in [0.2, 0.25) is 0 Å².